The molecule has 0 unspecified atom stereocenters. The Morgan fingerprint density at radius 1 is 0.850 bits per heavy atom. The number of rotatable bonds is 1. The zero-order valence-electron chi connectivity index (χ0n) is 11.2. The maximum Gasteiger partial charge on any atom is 0.0723 e. The molecular weight excluding hydrogens is 244 g/mol. The van der Waals surface area contributed by atoms with Crippen LogP contribution < -0.4 is 0 Å². The van der Waals surface area contributed by atoms with E-state index in [4.69, 9.17) is 0 Å². The molecular formula is C18H14N2. The standard InChI is InChI=1S/C18H14N2/c1-13-12-20(17-9-5-3-6-14(13)17)18-10-11-19-16-8-4-2-7-15(16)18/h2-12H,1H3. The number of pyridine rings is 1. The molecule has 0 aliphatic rings. The van der Waals surface area contributed by atoms with Crippen molar-refractivity contribution in [2.75, 3.05) is 0 Å². The summed E-state index contributed by atoms with van der Waals surface area (Å²) in [5, 5.41) is 2.48. The summed E-state index contributed by atoms with van der Waals surface area (Å²) in [5.41, 5.74) is 4.74. The molecule has 0 bridgehead atoms. The van der Waals surface area contributed by atoms with E-state index < -0.39 is 0 Å². The second kappa shape index (κ2) is 4.20. The van der Waals surface area contributed by atoms with E-state index in [-0.39, 0.29) is 0 Å². The Balaban J connectivity index is 2.12. The Bertz CT molecular complexity index is 914. The van der Waals surface area contributed by atoms with Gasteiger partial charge in [0.25, 0.3) is 0 Å². The minimum absolute atomic E-state index is 1.03. The molecule has 4 aromatic rings. The van der Waals surface area contributed by atoms with Gasteiger partial charge in [0, 0.05) is 23.2 Å². The largest absolute Gasteiger partial charge is 0.316 e. The molecule has 0 saturated carbocycles. The van der Waals surface area contributed by atoms with E-state index in [1.165, 1.54) is 27.5 Å². The van der Waals surface area contributed by atoms with Gasteiger partial charge in [-0.1, -0.05) is 36.4 Å². The molecule has 0 spiro atoms. The number of aryl methyl sites for hydroxylation is 1. The van der Waals surface area contributed by atoms with Crippen LogP contribution in [0, 0.1) is 6.92 Å². The van der Waals surface area contributed by atoms with E-state index in [1.54, 1.807) is 0 Å². The molecule has 4 rings (SSSR count). The van der Waals surface area contributed by atoms with Crippen LogP contribution in [-0.2, 0) is 0 Å². The molecule has 2 nitrogen and oxygen atoms in total. The second-order valence-corrected chi connectivity index (χ2v) is 5.05. The highest BCUT2D eigenvalue weighted by Crippen LogP contribution is 2.27. The first kappa shape index (κ1) is 11.2. The Morgan fingerprint density at radius 3 is 2.50 bits per heavy atom. The first-order chi connectivity index (χ1) is 9.84. The number of para-hydroxylation sites is 2. The highest BCUT2D eigenvalue weighted by Gasteiger charge is 2.09. The van der Waals surface area contributed by atoms with Crippen molar-refractivity contribution in [1.29, 1.82) is 0 Å². The number of nitrogens with zero attached hydrogens (tertiary/aromatic N) is 2. The molecule has 0 amide bonds. The van der Waals surface area contributed by atoms with Gasteiger partial charge in [0.1, 0.15) is 0 Å². The average Bonchev–Trinajstić information content (AvgIpc) is 2.84. The van der Waals surface area contributed by atoms with E-state index in [0.717, 1.165) is 5.52 Å². The lowest BCUT2D eigenvalue weighted by atomic mass is 10.2. The minimum Gasteiger partial charge on any atom is -0.316 e. The Hall–Kier alpha value is -2.61. The number of hydrogen-bond acceptors (Lipinski definition) is 1. The zero-order valence-corrected chi connectivity index (χ0v) is 11.2. The van der Waals surface area contributed by atoms with Crippen molar-refractivity contribution in [1.82, 2.24) is 9.55 Å². The summed E-state index contributed by atoms with van der Waals surface area (Å²) in [5.74, 6) is 0. The highest BCUT2D eigenvalue weighted by atomic mass is 15.0. The Labute approximate surface area is 117 Å². The fourth-order valence-electron chi connectivity index (χ4n) is 2.84. The highest BCUT2D eigenvalue weighted by molar-refractivity contribution is 5.92. The van der Waals surface area contributed by atoms with Crippen molar-refractivity contribution >= 4 is 21.8 Å². The topological polar surface area (TPSA) is 17.8 Å². The molecule has 2 aromatic carbocycles. The first-order valence-corrected chi connectivity index (χ1v) is 6.75. The predicted octanol–water partition coefficient (Wildman–Crippen LogP) is 4.49. The minimum atomic E-state index is 1.03. The van der Waals surface area contributed by atoms with Crippen molar-refractivity contribution < 1.29 is 0 Å². The Morgan fingerprint density at radius 2 is 1.60 bits per heavy atom. The quantitative estimate of drug-likeness (QED) is 0.492. The van der Waals surface area contributed by atoms with Gasteiger partial charge in [-0.25, -0.2) is 0 Å². The van der Waals surface area contributed by atoms with E-state index in [9.17, 15) is 0 Å². The fourth-order valence-corrected chi connectivity index (χ4v) is 2.84. The zero-order chi connectivity index (χ0) is 13.5. The maximum absolute atomic E-state index is 4.44. The predicted molar refractivity (Wildman–Crippen MR) is 83.3 cm³/mol. The van der Waals surface area contributed by atoms with Crippen molar-refractivity contribution in [2.24, 2.45) is 0 Å². The van der Waals surface area contributed by atoms with Crippen LogP contribution in [0.25, 0.3) is 27.5 Å². The van der Waals surface area contributed by atoms with Crippen LogP contribution in [0.2, 0.25) is 0 Å². The second-order valence-electron chi connectivity index (χ2n) is 5.05. The van der Waals surface area contributed by atoms with Gasteiger partial charge in [-0.15, -0.1) is 0 Å². The van der Waals surface area contributed by atoms with Crippen LogP contribution in [0.15, 0.2) is 67.0 Å². The van der Waals surface area contributed by atoms with E-state index >= 15 is 0 Å². The fraction of sp³-hybridized carbons (Fsp3) is 0.0556. The molecule has 20 heavy (non-hydrogen) atoms. The lowest BCUT2D eigenvalue weighted by Gasteiger charge is -2.08. The van der Waals surface area contributed by atoms with Crippen LogP contribution in [0.4, 0.5) is 0 Å². The summed E-state index contributed by atoms with van der Waals surface area (Å²) in [6.07, 6.45) is 4.08. The van der Waals surface area contributed by atoms with Crippen molar-refractivity contribution in [3.63, 3.8) is 0 Å². The van der Waals surface area contributed by atoms with Crippen LogP contribution in [0.1, 0.15) is 5.56 Å². The third kappa shape index (κ3) is 1.55. The number of aromatic nitrogens is 2. The smallest absolute Gasteiger partial charge is 0.0723 e. The summed E-state index contributed by atoms with van der Waals surface area (Å²) >= 11 is 0. The van der Waals surface area contributed by atoms with Gasteiger partial charge >= 0.3 is 0 Å². The van der Waals surface area contributed by atoms with E-state index in [2.05, 4.69) is 71.2 Å². The molecule has 2 aromatic heterocycles. The van der Waals surface area contributed by atoms with Gasteiger partial charge in [-0.2, -0.15) is 0 Å². The molecule has 0 aliphatic carbocycles. The van der Waals surface area contributed by atoms with Crippen LogP contribution in [0.3, 0.4) is 0 Å². The third-order valence-electron chi connectivity index (χ3n) is 3.80. The molecule has 0 saturated heterocycles. The average molecular weight is 258 g/mol. The van der Waals surface area contributed by atoms with Gasteiger partial charge in [0.2, 0.25) is 0 Å². The molecule has 0 aliphatic heterocycles. The lowest BCUT2D eigenvalue weighted by Crippen LogP contribution is -1.94. The number of fused-ring (bicyclic) bond motifs is 2. The van der Waals surface area contributed by atoms with Crippen molar-refractivity contribution in [3.8, 4) is 5.69 Å². The van der Waals surface area contributed by atoms with Gasteiger partial charge in [-0.3, -0.25) is 4.98 Å². The summed E-state index contributed by atoms with van der Waals surface area (Å²) in [7, 11) is 0. The Kier molecular flexibility index (Phi) is 2.36. The van der Waals surface area contributed by atoms with Crippen LogP contribution >= 0.6 is 0 Å². The molecule has 96 valence electrons. The first-order valence-electron chi connectivity index (χ1n) is 6.75. The summed E-state index contributed by atoms with van der Waals surface area (Å²) < 4.78 is 2.26. The molecule has 2 heterocycles. The van der Waals surface area contributed by atoms with Gasteiger partial charge in [-0.05, 0) is 30.7 Å². The third-order valence-corrected chi connectivity index (χ3v) is 3.80. The van der Waals surface area contributed by atoms with Gasteiger partial charge in [0.15, 0.2) is 0 Å². The summed E-state index contributed by atoms with van der Waals surface area (Å²) in [6.45, 7) is 2.15. The summed E-state index contributed by atoms with van der Waals surface area (Å²) in [6, 6.07) is 18.9. The van der Waals surface area contributed by atoms with Gasteiger partial charge < -0.3 is 4.57 Å². The molecule has 0 N–H and O–H groups in total. The molecule has 0 fully saturated rings. The van der Waals surface area contributed by atoms with Crippen molar-refractivity contribution in [2.45, 2.75) is 6.92 Å². The summed E-state index contributed by atoms with van der Waals surface area (Å²) in [4.78, 5) is 4.44. The maximum atomic E-state index is 4.44. The number of benzene rings is 2. The van der Waals surface area contributed by atoms with Crippen LogP contribution in [0.5, 0.6) is 0 Å². The molecule has 0 radical (unpaired) electrons. The van der Waals surface area contributed by atoms with E-state index in [1.807, 2.05) is 12.3 Å². The lowest BCUT2D eigenvalue weighted by molar-refractivity contribution is 1.12. The number of hydrogen-bond donors (Lipinski definition) is 0. The van der Waals surface area contributed by atoms with Gasteiger partial charge in [0.05, 0.1) is 16.7 Å². The molecule has 2 heteroatoms. The monoisotopic (exact) mass is 258 g/mol. The molecule has 0 atom stereocenters. The SMILES string of the molecule is Cc1cn(-c2ccnc3ccccc23)c2ccccc12. The van der Waals surface area contributed by atoms with Crippen molar-refractivity contribution in [3.05, 3.63) is 72.6 Å². The van der Waals surface area contributed by atoms with E-state index in [0.29, 0.717) is 0 Å². The van der Waals surface area contributed by atoms with Crippen LogP contribution in [-0.4, -0.2) is 9.55 Å². The normalized spacial score (nSPS) is 11.2.